The predicted molar refractivity (Wildman–Crippen MR) is 91.2 cm³/mol. The third-order valence-corrected chi connectivity index (χ3v) is 5.11. The lowest BCUT2D eigenvalue weighted by Crippen LogP contribution is -2.28. The summed E-state index contributed by atoms with van der Waals surface area (Å²) in [5.41, 5.74) is 1.23. The normalized spacial score (nSPS) is 15.7. The van der Waals surface area contributed by atoms with Gasteiger partial charge in [0.1, 0.15) is 0 Å². The van der Waals surface area contributed by atoms with Crippen molar-refractivity contribution in [3.63, 3.8) is 0 Å². The highest BCUT2D eigenvalue weighted by molar-refractivity contribution is 9.10. The molecule has 0 bridgehead atoms. The minimum absolute atomic E-state index is 0.0487. The van der Waals surface area contributed by atoms with Gasteiger partial charge in [-0.15, -0.1) is 11.3 Å². The molecule has 2 heterocycles. The Kier molecular flexibility index (Phi) is 5.23. The third-order valence-electron chi connectivity index (χ3n) is 3.67. The Balaban J connectivity index is 1.58. The maximum Gasteiger partial charge on any atom is 0.229 e. The van der Waals surface area contributed by atoms with Gasteiger partial charge < -0.3 is 10.1 Å². The number of benzene rings is 1. The number of ether oxygens (including phenoxy) is 1. The van der Waals surface area contributed by atoms with Gasteiger partial charge >= 0.3 is 0 Å². The third kappa shape index (κ3) is 4.15. The smallest absolute Gasteiger partial charge is 0.229 e. The molecule has 1 amide bonds. The molecule has 2 aromatic rings. The zero-order valence-electron chi connectivity index (χ0n) is 12.0. The van der Waals surface area contributed by atoms with Crippen molar-refractivity contribution < 1.29 is 9.53 Å². The maximum atomic E-state index is 12.2. The van der Waals surface area contributed by atoms with E-state index in [1.807, 2.05) is 18.3 Å². The lowest BCUT2D eigenvalue weighted by atomic mass is 10.00. The van der Waals surface area contributed by atoms with Crippen molar-refractivity contribution in [2.75, 3.05) is 18.5 Å². The van der Waals surface area contributed by atoms with Gasteiger partial charge in [0.25, 0.3) is 0 Å². The Hall–Kier alpha value is -1.24. The summed E-state index contributed by atoms with van der Waals surface area (Å²) in [6, 6.07) is 8.24. The van der Waals surface area contributed by atoms with Crippen LogP contribution in [-0.2, 0) is 16.0 Å². The highest BCUT2D eigenvalue weighted by atomic mass is 79.9. The molecule has 0 aliphatic carbocycles. The molecule has 1 aliphatic heterocycles. The van der Waals surface area contributed by atoms with Crippen LogP contribution in [0.15, 0.2) is 34.9 Å². The SMILES string of the molecule is O=C(Nc1ncc(Cc2ccc(Br)cc2)s1)C1CCOCC1. The van der Waals surface area contributed by atoms with Gasteiger partial charge in [0.05, 0.1) is 0 Å². The van der Waals surface area contributed by atoms with Crippen molar-refractivity contribution in [2.24, 2.45) is 5.92 Å². The van der Waals surface area contributed by atoms with Gasteiger partial charge in [0, 0.05) is 41.1 Å². The Bertz CT molecular complexity index is 636. The predicted octanol–water partition coefficient (Wildman–Crippen LogP) is 3.86. The van der Waals surface area contributed by atoms with Crippen LogP contribution in [0.25, 0.3) is 0 Å². The molecule has 4 nitrogen and oxygen atoms in total. The number of nitrogens with zero attached hydrogens (tertiary/aromatic N) is 1. The maximum absolute atomic E-state index is 12.2. The number of nitrogens with one attached hydrogen (secondary N) is 1. The summed E-state index contributed by atoms with van der Waals surface area (Å²) in [6.07, 6.45) is 4.26. The van der Waals surface area contributed by atoms with Crippen molar-refractivity contribution in [3.05, 3.63) is 45.4 Å². The molecule has 0 unspecified atom stereocenters. The number of hydrogen-bond acceptors (Lipinski definition) is 4. The summed E-state index contributed by atoms with van der Waals surface area (Å²) in [5, 5.41) is 3.62. The minimum atomic E-state index is 0.0487. The number of rotatable bonds is 4. The van der Waals surface area contributed by atoms with Gasteiger partial charge in [0.2, 0.25) is 5.91 Å². The summed E-state index contributed by atoms with van der Waals surface area (Å²) in [4.78, 5) is 17.6. The zero-order chi connectivity index (χ0) is 15.4. The molecule has 0 atom stereocenters. The second-order valence-electron chi connectivity index (χ2n) is 5.31. The molecule has 0 radical (unpaired) electrons. The van der Waals surface area contributed by atoms with Gasteiger partial charge in [-0.2, -0.15) is 0 Å². The van der Waals surface area contributed by atoms with Gasteiger partial charge in [0.15, 0.2) is 5.13 Å². The molecule has 22 heavy (non-hydrogen) atoms. The van der Waals surface area contributed by atoms with E-state index in [1.165, 1.54) is 16.9 Å². The molecule has 0 spiro atoms. The van der Waals surface area contributed by atoms with Crippen LogP contribution in [0.2, 0.25) is 0 Å². The number of carbonyl (C=O) groups is 1. The molecule has 3 rings (SSSR count). The molecule has 1 N–H and O–H groups in total. The topological polar surface area (TPSA) is 51.2 Å². The van der Waals surface area contributed by atoms with Crippen molar-refractivity contribution in [2.45, 2.75) is 19.3 Å². The first-order valence-corrected chi connectivity index (χ1v) is 8.89. The first-order chi connectivity index (χ1) is 10.7. The fraction of sp³-hybridized carbons (Fsp3) is 0.375. The molecular weight excluding hydrogens is 364 g/mol. The van der Waals surface area contributed by atoms with Crippen LogP contribution in [0, 0.1) is 5.92 Å². The Morgan fingerprint density at radius 1 is 1.32 bits per heavy atom. The monoisotopic (exact) mass is 380 g/mol. The van der Waals surface area contributed by atoms with E-state index in [2.05, 4.69) is 38.4 Å². The van der Waals surface area contributed by atoms with Crippen molar-refractivity contribution >= 4 is 38.3 Å². The molecule has 1 saturated heterocycles. The van der Waals surface area contributed by atoms with Gasteiger partial charge in [-0.05, 0) is 30.5 Å². The summed E-state index contributed by atoms with van der Waals surface area (Å²) in [5.74, 6) is 0.111. The molecule has 1 aromatic heterocycles. The van der Waals surface area contributed by atoms with Crippen molar-refractivity contribution in [1.82, 2.24) is 4.98 Å². The number of halogens is 1. The van der Waals surface area contributed by atoms with Crippen molar-refractivity contribution in [3.8, 4) is 0 Å². The molecular formula is C16H17BrN2O2S. The Labute approximate surface area is 142 Å². The number of amides is 1. The van der Waals surface area contributed by atoms with E-state index in [-0.39, 0.29) is 11.8 Å². The zero-order valence-corrected chi connectivity index (χ0v) is 14.5. The van der Waals surface area contributed by atoms with Crippen LogP contribution in [0.4, 0.5) is 5.13 Å². The number of carbonyl (C=O) groups excluding carboxylic acids is 1. The second-order valence-corrected chi connectivity index (χ2v) is 7.34. The van der Waals surface area contributed by atoms with Crippen LogP contribution in [0.5, 0.6) is 0 Å². The van der Waals surface area contributed by atoms with Crippen LogP contribution in [0.1, 0.15) is 23.3 Å². The van der Waals surface area contributed by atoms with Crippen LogP contribution in [-0.4, -0.2) is 24.1 Å². The summed E-state index contributed by atoms with van der Waals surface area (Å²) in [7, 11) is 0. The molecule has 1 aromatic carbocycles. The highest BCUT2D eigenvalue weighted by Crippen LogP contribution is 2.24. The first-order valence-electron chi connectivity index (χ1n) is 7.28. The van der Waals surface area contributed by atoms with Crippen LogP contribution < -0.4 is 5.32 Å². The molecule has 1 aliphatic rings. The molecule has 0 saturated carbocycles. The summed E-state index contributed by atoms with van der Waals surface area (Å²) >= 11 is 4.97. The van der Waals surface area contributed by atoms with E-state index in [0.717, 1.165) is 28.6 Å². The molecule has 116 valence electrons. The number of thiazole rings is 1. The fourth-order valence-corrected chi connectivity index (χ4v) is 3.53. The van der Waals surface area contributed by atoms with Gasteiger partial charge in [-0.1, -0.05) is 28.1 Å². The average Bonchev–Trinajstić information content (AvgIpc) is 2.97. The highest BCUT2D eigenvalue weighted by Gasteiger charge is 2.22. The quantitative estimate of drug-likeness (QED) is 0.875. The first kappa shape index (κ1) is 15.6. The van der Waals surface area contributed by atoms with E-state index in [1.54, 1.807) is 0 Å². The van der Waals surface area contributed by atoms with Crippen LogP contribution >= 0.6 is 27.3 Å². The van der Waals surface area contributed by atoms with Crippen molar-refractivity contribution in [1.29, 1.82) is 0 Å². The van der Waals surface area contributed by atoms with E-state index >= 15 is 0 Å². The van der Waals surface area contributed by atoms with Gasteiger partial charge in [-0.3, -0.25) is 4.79 Å². The number of anilines is 1. The second kappa shape index (κ2) is 7.35. The Morgan fingerprint density at radius 2 is 2.05 bits per heavy atom. The summed E-state index contributed by atoms with van der Waals surface area (Å²) in [6.45, 7) is 1.34. The van der Waals surface area contributed by atoms with Gasteiger partial charge in [-0.25, -0.2) is 4.98 Å². The fourth-order valence-electron chi connectivity index (χ4n) is 2.42. The van der Waals surface area contributed by atoms with E-state index < -0.39 is 0 Å². The van der Waals surface area contributed by atoms with E-state index in [0.29, 0.717) is 18.3 Å². The van der Waals surface area contributed by atoms with E-state index in [9.17, 15) is 4.79 Å². The lowest BCUT2D eigenvalue weighted by Gasteiger charge is -2.20. The minimum Gasteiger partial charge on any atom is -0.381 e. The van der Waals surface area contributed by atoms with Crippen LogP contribution in [0.3, 0.4) is 0 Å². The molecule has 6 heteroatoms. The summed E-state index contributed by atoms with van der Waals surface area (Å²) < 4.78 is 6.36. The number of aromatic nitrogens is 1. The lowest BCUT2D eigenvalue weighted by molar-refractivity contribution is -0.122. The standard InChI is InChI=1S/C16H17BrN2O2S/c17-13-3-1-11(2-4-13)9-14-10-18-16(22-14)19-15(20)12-5-7-21-8-6-12/h1-4,10,12H,5-9H2,(H,18,19,20). The van der Waals surface area contributed by atoms with E-state index in [4.69, 9.17) is 4.74 Å². The largest absolute Gasteiger partial charge is 0.381 e. The molecule has 1 fully saturated rings. The average molecular weight is 381 g/mol. The number of hydrogen-bond donors (Lipinski definition) is 1. The Morgan fingerprint density at radius 3 is 2.77 bits per heavy atom.